The number of thioether (sulfide) groups is 1. The van der Waals surface area contributed by atoms with Crippen LogP contribution in [0.5, 0.6) is 0 Å². The fraction of sp³-hybridized carbons (Fsp3) is 0.350. The Morgan fingerprint density at radius 1 is 1.09 bits per heavy atom. The van der Waals surface area contributed by atoms with Crippen molar-refractivity contribution in [2.24, 2.45) is 0 Å². The quantitative estimate of drug-likeness (QED) is 0.792. The summed E-state index contributed by atoms with van der Waals surface area (Å²) in [5.41, 5.74) is 4.02. The van der Waals surface area contributed by atoms with Crippen molar-refractivity contribution in [2.45, 2.75) is 37.5 Å². The number of carbonyl (C=O) groups excluding carboxylic acids is 1. The van der Waals surface area contributed by atoms with Gasteiger partial charge in [0.25, 0.3) is 0 Å². The average Bonchev–Trinajstić information content (AvgIpc) is 2.60. The number of benzene rings is 2. The smallest absolute Gasteiger partial charge is 0.221 e. The summed E-state index contributed by atoms with van der Waals surface area (Å²) in [7, 11) is 0. The topological polar surface area (TPSA) is 29.1 Å². The van der Waals surface area contributed by atoms with Gasteiger partial charge in [-0.05, 0) is 36.0 Å². The second kappa shape index (κ2) is 8.21. The predicted molar refractivity (Wildman–Crippen MR) is 97.5 cm³/mol. The van der Waals surface area contributed by atoms with E-state index >= 15 is 0 Å². The van der Waals surface area contributed by atoms with Crippen molar-refractivity contribution in [3.8, 4) is 0 Å². The molecule has 23 heavy (non-hydrogen) atoms. The zero-order valence-corrected chi connectivity index (χ0v) is 14.1. The highest BCUT2D eigenvalue weighted by atomic mass is 32.2. The lowest BCUT2D eigenvalue weighted by molar-refractivity contribution is -0.121. The second-order valence-electron chi connectivity index (χ2n) is 6.00. The van der Waals surface area contributed by atoms with Crippen LogP contribution in [0.15, 0.2) is 54.6 Å². The lowest BCUT2D eigenvalue weighted by atomic mass is 9.88. The molecule has 0 saturated carbocycles. The predicted octanol–water partition coefficient (Wildman–Crippen LogP) is 4.50. The average molecular weight is 325 g/mol. The van der Waals surface area contributed by atoms with Crippen molar-refractivity contribution < 1.29 is 4.79 Å². The normalized spacial score (nSPS) is 16.6. The maximum atomic E-state index is 12.2. The Morgan fingerprint density at radius 2 is 1.87 bits per heavy atom. The van der Waals surface area contributed by atoms with Crippen LogP contribution in [0.4, 0.5) is 0 Å². The molecule has 3 rings (SSSR count). The molecule has 1 atom stereocenters. The van der Waals surface area contributed by atoms with Crippen LogP contribution >= 0.6 is 11.8 Å². The molecule has 0 heterocycles. The van der Waals surface area contributed by atoms with E-state index in [0.717, 1.165) is 30.8 Å². The molecular formula is C20H23NOS. The van der Waals surface area contributed by atoms with E-state index < -0.39 is 0 Å². The number of carbonyl (C=O) groups is 1. The highest BCUT2D eigenvalue weighted by Gasteiger charge is 2.20. The van der Waals surface area contributed by atoms with Crippen LogP contribution in [0.2, 0.25) is 0 Å². The minimum absolute atomic E-state index is 0.173. The number of rotatable bonds is 6. The van der Waals surface area contributed by atoms with Gasteiger partial charge in [0, 0.05) is 17.9 Å². The van der Waals surface area contributed by atoms with Gasteiger partial charge in [-0.3, -0.25) is 4.79 Å². The molecule has 0 bridgehead atoms. The first kappa shape index (κ1) is 16.1. The molecule has 120 valence electrons. The fourth-order valence-electron chi connectivity index (χ4n) is 3.10. The Labute approximate surface area is 142 Å². The molecule has 2 nitrogen and oxygen atoms in total. The van der Waals surface area contributed by atoms with Gasteiger partial charge in [-0.2, -0.15) is 11.8 Å². The van der Waals surface area contributed by atoms with Crippen LogP contribution in [0, 0.1) is 0 Å². The van der Waals surface area contributed by atoms with Gasteiger partial charge in [0.05, 0.1) is 6.04 Å². The maximum Gasteiger partial charge on any atom is 0.221 e. The molecule has 1 aliphatic carbocycles. The Bertz CT molecular complexity index is 641. The van der Waals surface area contributed by atoms with E-state index in [1.807, 2.05) is 17.8 Å². The van der Waals surface area contributed by atoms with E-state index in [-0.39, 0.29) is 11.9 Å². The summed E-state index contributed by atoms with van der Waals surface area (Å²) < 4.78 is 0. The Morgan fingerprint density at radius 3 is 2.74 bits per heavy atom. The van der Waals surface area contributed by atoms with Crippen LogP contribution in [0.3, 0.4) is 0 Å². The number of nitrogens with one attached hydrogen (secondary N) is 1. The van der Waals surface area contributed by atoms with Gasteiger partial charge in [0.15, 0.2) is 0 Å². The molecule has 0 spiro atoms. The van der Waals surface area contributed by atoms with Gasteiger partial charge in [0.2, 0.25) is 5.91 Å². The summed E-state index contributed by atoms with van der Waals surface area (Å²) in [6.07, 6.45) is 3.94. The third-order valence-corrected chi connectivity index (χ3v) is 5.32. The summed E-state index contributed by atoms with van der Waals surface area (Å²) in [6, 6.07) is 19.1. The number of hydrogen-bond donors (Lipinski definition) is 1. The zero-order valence-electron chi connectivity index (χ0n) is 13.3. The molecule has 0 radical (unpaired) electrons. The molecule has 2 aromatic rings. The van der Waals surface area contributed by atoms with Gasteiger partial charge in [-0.1, -0.05) is 54.6 Å². The van der Waals surface area contributed by atoms with Crippen LogP contribution < -0.4 is 5.32 Å². The zero-order chi connectivity index (χ0) is 15.9. The van der Waals surface area contributed by atoms with E-state index in [9.17, 15) is 4.79 Å². The second-order valence-corrected chi connectivity index (χ2v) is 7.10. The summed E-state index contributed by atoms with van der Waals surface area (Å²) >= 11 is 1.82. The van der Waals surface area contributed by atoms with Gasteiger partial charge >= 0.3 is 0 Å². The summed E-state index contributed by atoms with van der Waals surface area (Å²) in [6.45, 7) is 0. The lowest BCUT2D eigenvalue weighted by Crippen LogP contribution is -2.31. The van der Waals surface area contributed by atoms with Crippen molar-refractivity contribution >= 4 is 17.7 Å². The highest BCUT2D eigenvalue weighted by Crippen LogP contribution is 2.29. The van der Waals surface area contributed by atoms with Gasteiger partial charge < -0.3 is 5.32 Å². The minimum Gasteiger partial charge on any atom is -0.349 e. The van der Waals surface area contributed by atoms with E-state index in [4.69, 9.17) is 0 Å². The third kappa shape index (κ3) is 4.61. The Balaban J connectivity index is 1.43. The molecule has 2 aromatic carbocycles. The monoisotopic (exact) mass is 325 g/mol. The van der Waals surface area contributed by atoms with Gasteiger partial charge in [-0.25, -0.2) is 0 Å². The van der Waals surface area contributed by atoms with E-state index in [0.29, 0.717) is 6.42 Å². The standard InChI is InChI=1S/C20H23NOS/c22-20(13-14-23-15-16-7-2-1-3-8-16)21-19-12-6-10-17-9-4-5-11-18(17)19/h1-5,7-9,11,19H,6,10,12-15H2,(H,21,22). The molecule has 1 unspecified atom stereocenters. The first-order chi connectivity index (χ1) is 11.3. The van der Waals surface area contributed by atoms with Crippen molar-refractivity contribution in [3.05, 3.63) is 71.3 Å². The minimum atomic E-state index is 0.173. The molecule has 3 heteroatoms. The molecule has 0 saturated heterocycles. The summed E-state index contributed by atoms with van der Waals surface area (Å²) in [5.74, 6) is 2.02. The van der Waals surface area contributed by atoms with E-state index in [1.165, 1.54) is 16.7 Å². The highest BCUT2D eigenvalue weighted by molar-refractivity contribution is 7.98. The van der Waals surface area contributed by atoms with Gasteiger partial charge in [-0.15, -0.1) is 0 Å². The SMILES string of the molecule is O=C(CCSCc1ccccc1)NC1CCCc2ccccc21. The number of aryl methyl sites for hydroxylation is 1. The molecule has 1 amide bonds. The lowest BCUT2D eigenvalue weighted by Gasteiger charge is -2.26. The first-order valence-corrected chi connectivity index (χ1v) is 9.47. The molecule has 1 aliphatic rings. The van der Waals surface area contributed by atoms with Crippen molar-refractivity contribution in [3.63, 3.8) is 0 Å². The number of hydrogen-bond acceptors (Lipinski definition) is 2. The summed E-state index contributed by atoms with van der Waals surface area (Å²) in [5, 5.41) is 3.22. The fourth-order valence-corrected chi connectivity index (χ4v) is 4.00. The summed E-state index contributed by atoms with van der Waals surface area (Å²) in [4.78, 5) is 12.2. The van der Waals surface area contributed by atoms with Crippen LogP contribution in [0.1, 0.15) is 42.0 Å². The van der Waals surface area contributed by atoms with Crippen LogP contribution in [0.25, 0.3) is 0 Å². The Hall–Kier alpha value is -1.74. The largest absolute Gasteiger partial charge is 0.349 e. The number of amides is 1. The van der Waals surface area contributed by atoms with E-state index in [1.54, 1.807) is 0 Å². The van der Waals surface area contributed by atoms with E-state index in [2.05, 4.69) is 53.8 Å². The van der Waals surface area contributed by atoms with Crippen molar-refractivity contribution in [1.29, 1.82) is 0 Å². The number of fused-ring (bicyclic) bond motifs is 1. The van der Waals surface area contributed by atoms with Gasteiger partial charge in [0.1, 0.15) is 0 Å². The first-order valence-electron chi connectivity index (χ1n) is 8.32. The molecule has 0 aliphatic heterocycles. The Kier molecular flexibility index (Phi) is 5.76. The van der Waals surface area contributed by atoms with Crippen molar-refractivity contribution in [1.82, 2.24) is 5.32 Å². The third-order valence-electron chi connectivity index (χ3n) is 4.29. The van der Waals surface area contributed by atoms with Crippen molar-refractivity contribution in [2.75, 3.05) is 5.75 Å². The molecular weight excluding hydrogens is 302 g/mol. The van der Waals surface area contributed by atoms with Crippen LogP contribution in [-0.4, -0.2) is 11.7 Å². The maximum absolute atomic E-state index is 12.2. The molecule has 1 N–H and O–H groups in total. The molecule has 0 fully saturated rings. The molecule has 0 aromatic heterocycles. The van der Waals surface area contributed by atoms with Crippen LogP contribution in [-0.2, 0) is 17.0 Å².